The molecule has 3 nitrogen and oxygen atoms in total. The van der Waals surface area contributed by atoms with Crippen molar-refractivity contribution in [2.24, 2.45) is 5.92 Å². The molecule has 2 heterocycles. The molecule has 0 radical (unpaired) electrons. The van der Waals surface area contributed by atoms with Crippen LogP contribution in [0, 0.1) is 5.92 Å². The molecule has 138 valence electrons. The van der Waals surface area contributed by atoms with Crippen LogP contribution >= 0.6 is 0 Å². The van der Waals surface area contributed by atoms with E-state index in [-0.39, 0.29) is 11.5 Å². The molecule has 0 spiro atoms. The molecule has 0 N–H and O–H groups in total. The maximum absolute atomic E-state index is 6.23. The molecular weight excluding hydrogens is 322 g/mol. The Balaban J connectivity index is 1.93. The SMILES string of the molecule is CCCCN1c2ccccc2C(C)(C)[C@H]2COc3cccc(OC)c3[C@H]21. The van der Waals surface area contributed by atoms with Crippen LogP contribution in [0.1, 0.15) is 50.8 Å². The lowest BCUT2D eigenvalue weighted by Gasteiger charge is -2.54. The number of hydrogen-bond donors (Lipinski definition) is 0. The van der Waals surface area contributed by atoms with Crippen LogP contribution in [0.15, 0.2) is 42.5 Å². The van der Waals surface area contributed by atoms with E-state index < -0.39 is 0 Å². The second kappa shape index (κ2) is 6.53. The quantitative estimate of drug-likeness (QED) is 0.742. The number of ether oxygens (including phenoxy) is 2. The number of anilines is 1. The molecule has 0 fully saturated rings. The maximum Gasteiger partial charge on any atom is 0.128 e. The fourth-order valence-electron chi connectivity index (χ4n) is 4.77. The fraction of sp³-hybridized carbons (Fsp3) is 0.478. The maximum atomic E-state index is 6.23. The first-order valence-electron chi connectivity index (χ1n) is 9.75. The highest BCUT2D eigenvalue weighted by Gasteiger charge is 2.50. The number of benzene rings is 2. The molecule has 0 aliphatic carbocycles. The predicted octanol–water partition coefficient (Wildman–Crippen LogP) is 5.34. The lowest BCUT2D eigenvalue weighted by atomic mass is 9.64. The van der Waals surface area contributed by atoms with Gasteiger partial charge in [-0.05, 0) is 30.2 Å². The summed E-state index contributed by atoms with van der Waals surface area (Å²) in [5.74, 6) is 2.30. The van der Waals surface area contributed by atoms with Gasteiger partial charge in [0.1, 0.15) is 11.5 Å². The predicted molar refractivity (Wildman–Crippen MR) is 106 cm³/mol. The van der Waals surface area contributed by atoms with Crippen molar-refractivity contribution in [2.45, 2.75) is 45.1 Å². The van der Waals surface area contributed by atoms with Gasteiger partial charge >= 0.3 is 0 Å². The minimum Gasteiger partial charge on any atom is -0.496 e. The summed E-state index contributed by atoms with van der Waals surface area (Å²) in [5.41, 5.74) is 4.05. The number of para-hydroxylation sites is 1. The van der Waals surface area contributed by atoms with Crippen LogP contribution in [0.2, 0.25) is 0 Å². The smallest absolute Gasteiger partial charge is 0.128 e. The normalized spacial score (nSPS) is 22.7. The molecule has 2 aliphatic rings. The largest absolute Gasteiger partial charge is 0.496 e. The highest BCUT2D eigenvalue weighted by atomic mass is 16.5. The Labute approximate surface area is 156 Å². The summed E-state index contributed by atoms with van der Waals surface area (Å²) in [6.07, 6.45) is 2.37. The van der Waals surface area contributed by atoms with Gasteiger partial charge in [-0.2, -0.15) is 0 Å². The lowest BCUT2D eigenvalue weighted by Crippen LogP contribution is -2.51. The van der Waals surface area contributed by atoms with Gasteiger partial charge in [0.25, 0.3) is 0 Å². The zero-order chi connectivity index (χ0) is 18.3. The number of methoxy groups -OCH3 is 1. The van der Waals surface area contributed by atoms with Crippen LogP contribution < -0.4 is 14.4 Å². The first-order chi connectivity index (χ1) is 12.6. The summed E-state index contributed by atoms with van der Waals surface area (Å²) in [6, 6.07) is 15.4. The third kappa shape index (κ3) is 2.48. The molecule has 3 heteroatoms. The van der Waals surface area contributed by atoms with Gasteiger partial charge in [-0.3, -0.25) is 0 Å². The van der Waals surface area contributed by atoms with E-state index in [1.807, 2.05) is 6.07 Å². The van der Waals surface area contributed by atoms with Crippen molar-refractivity contribution >= 4 is 5.69 Å². The Morgan fingerprint density at radius 2 is 1.96 bits per heavy atom. The summed E-state index contributed by atoms with van der Waals surface area (Å²) in [5, 5.41) is 0. The standard InChI is InChI=1S/C23H29NO2/c1-5-6-14-24-18-11-8-7-10-16(18)23(2,3)17-15-26-20-13-9-12-19(25-4)21(20)22(17)24/h7-13,17,22H,5-6,14-15H2,1-4H3/t17-,22-/m0/s1. The zero-order valence-electron chi connectivity index (χ0n) is 16.3. The summed E-state index contributed by atoms with van der Waals surface area (Å²) in [4.78, 5) is 2.61. The topological polar surface area (TPSA) is 21.7 Å². The summed E-state index contributed by atoms with van der Waals surface area (Å²) >= 11 is 0. The van der Waals surface area contributed by atoms with Crippen molar-refractivity contribution in [3.05, 3.63) is 53.6 Å². The van der Waals surface area contributed by atoms with Crippen molar-refractivity contribution in [2.75, 3.05) is 25.2 Å². The van der Waals surface area contributed by atoms with Gasteiger partial charge in [0, 0.05) is 23.6 Å². The van der Waals surface area contributed by atoms with E-state index in [0.717, 1.165) is 24.7 Å². The molecule has 2 aromatic carbocycles. The molecule has 2 atom stereocenters. The zero-order valence-corrected chi connectivity index (χ0v) is 16.3. The summed E-state index contributed by atoms with van der Waals surface area (Å²) in [6.45, 7) is 8.79. The lowest BCUT2D eigenvalue weighted by molar-refractivity contribution is 0.119. The van der Waals surface area contributed by atoms with Gasteiger partial charge in [-0.1, -0.05) is 51.5 Å². The monoisotopic (exact) mass is 351 g/mol. The Morgan fingerprint density at radius 1 is 1.15 bits per heavy atom. The third-order valence-corrected chi connectivity index (χ3v) is 6.26. The van der Waals surface area contributed by atoms with E-state index in [1.165, 1.54) is 29.7 Å². The molecule has 0 bridgehead atoms. The first kappa shape index (κ1) is 17.3. The van der Waals surface area contributed by atoms with Crippen LogP contribution in [-0.4, -0.2) is 20.3 Å². The molecule has 0 saturated carbocycles. The highest BCUT2D eigenvalue weighted by molar-refractivity contribution is 5.64. The molecule has 4 rings (SSSR count). The van der Waals surface area contributed by atoms with Crippen LogP contribution in [0.3, 0.4) is 0 Å². The first-order valence-corrected chi connectivity index (χ1v) is 9.75. The van der Waals surface area contributed by atoms with Crippen LogP contribution in [-0.2, 0) is 5.41 Å². The van der Waals surface area contributed by atoms with E-state index >= 15 is 0 Å². The van der Waals surface area contributed by atoms with Crippen molar-refractivity contribution in [1.29, 1.82) is 0 Å². The Morgan fingerprint density at radius 3 is 2.73 bits per heavy atom. The summed E-state index contributed by atoms with van der Waals surface area (Å²) in [7, 11) is 1.76. The molecule has 0 saturated heterocycles. The van der Waals surface area contributed by atoms with E-state index in [0.29, 0.717) is 5.92 Å². The number of rotatable bonds is 4. The Bertz CT molecular complexity index is 784. The van der Waals surface area contributed by atoms with Gasteiger partial charge in [0.05, 0.1) is 25.3 Å². The second-order valence-corrected chi connectivity index (χ2v) is 8.02. The van der Waals surface area contributed by atoms with Gasteiger partial charge in [0.15, 0.2) is 0 Å². The molecule has 0 amide bonds. The second-order valence-electron chi connectivity index (χ2n) is 8.02. The molecule has 0 aromatic heterocycles. The van der Waals surface area contributed by atoms with Crippen LogP contribution in [0.4, 0.5) is 5.69 Å². The van der Waals surface area contributed by atoms with Crippen molar-refractivity contribution in [3.63, 3.8) is 0 Å². The Hall–Kier alpha value is -2.16. The molecule has 26 heavy (non-hydrogen) atoms. The Kier molecular flexibility index (Phi) is 4.34. The average molecular weight is 351 g/mol. The average Bonchev–Trinajstić information content (AvgIpc) is 2.67. The van der Waals surface area contributed by atoms with Crippen molar-refractivity contribution in [1.82, 2.24) is 0 Å². The van der Waals surface area contributed by atoms with Crippen molar-refractivity contribution < 1.29 is 9.47 Å². The fourth-order valence-corrected chi connectivity index (χ4v) is 4.77. The van der Waals surface area contributed by atoms with E-state index in [9.17, 15) is 0 Å². The van der Waals surface area contributed by atoms with Gasteiger partial charge in [-0.15, -0.1) is 0 Å². The highest BCUT2D eigenvalue weighted by Crippen LogP contribution is 2.56. The summed E-state index contributed by atoms with van der Waals surface area (Å²) < 4.78 is 12.0. The van der Waals surface area contributed by atoms with Crippen LogP contribution in [0.5, 0.6) is 11.5 Å². The van der Waals surface area contributed by atoms with Crippen molar-refractivity contribution in [3.8, 4) is 11.5 Å². The minimum absolute atomic E-state index is 0.0442. The number of nitrogens with zero attached hydrogens (tertiary/aromatic N) is 1. The van der Waals surface area contributed by atoms with Gasteiger partial charge < -0.3 is 14.4 Å². The van der Waals surface area contributed by atoms with E-state index in [2.05, 4.69) is 62.1 Å². The third-order valence-electron chi connectivity index (χ3n) is 6.26. The molecular formula is C23H29NO2. The number of fused-ring (bicyclic) bond motifs is 4. The van der Waals surface area contributed by atoms with E-state index in [1.54, 1.807) is 7.11 Å². The van der Waals surface area contributed by atoms with Gasteiger partial charge in [-0.25, -0.2) is 0 Å². The van der Waals surface area contributed by atoms with Crippen LogP contribution in [0.25, 0.3) is 0 Å². The number of hydrogen-bond acceptors (Lipinski definition) is 3. The van der Waals surface area contributed by atoms with E-state index in [4.69, 9.17) is 9.47 Å². The molecule has 2 aromatic rings. The minimum atomic E-state index is 0.0442. The van der Waals surface area contributed by atoms with Gasteiger partial charge in [0.2, 0.25) is 0 Å². The molecule has 2 aliphatic heterocycles. The molecule has 0 unspecified atom stereocenters. The number of unbranched alkanes of at least 4 members (excludes halogenated alkanes) is 1.